The number of sulfone groups is 1. The van der Waals surface area contributed by atoms with Crippen molar-refractivity contribution < 1.29 is 32.2 Å². The number of benzene rings is 2. The number of carbonyl (C=O) groups excluding carboxylic acids is 1. The normalized spacial score (nSPS) is 20.0. The van der Waals surface area contributed by atoms with Gasteiger partial charge in [-0.3, -0.25) is 0 Å². The van der Waals surface area contributed by atoms with Crippen LogP contribution in [-0.2, 0) is 19.4 Å². The van der Waals surface area contributed by atoms with Crippen molar-refractivity contribution in [2.24, 2.45) is 5.41 Å². The summed E-state index contributed by atoms with van der Waals surface area (Å²) in [5, 5.41) is 9.93. The third kappa shape index (κ3) is 6.29. The van der Waals surface area contributed by atoms with Crippen molar-refractivity contribution in [3.63, 3.8) is 0 Å². The highest BCUT2D eigenvalue weighted by atomic mass is 32.2. The zero-order chi connectivity index (χ0) is 25.8. The minimum Gasteiger partial charge on any atom is -0.489 e. The van der Waals surface area contributed by atoms with E-state index in [4.69, 9.17) is 4.74 Å². The number of anilines is 2. The molecule has 2 atom stereocenters. The van der Waals surface area contributed by atoms with Gasteiger partial charge in [0.2, 0.25) is 0 Å². The summed E-state index contributed by atoms with van der Waals surface area (Å²) >= 11 is 1.35. The number of esters is 1. The van der Waals surface area contributed by atoms with Gasteiger partial charge in [-0.25, -0.2) is 17.6 Å². The predicted molar refractivity (Wildman–Crippen MR) is 135 cm³/mol. The summed E-state index contributed by atoms with van der Waals surface area (Å²) < 4.78 is 51.2. The van der Waals surface area contributed by atoms with Crippen molar-refractivity contribution in [3.05, 3.63) is 42.2 Å². The molecular weight excluding hydrogens is 493 g/mol. The Balaban J connectivity index is 2.14. The first-order chi connectivity index (χ1) is 16.5. The Hall–Kier alpha value is -2.30. The number of methoxy groups -OCH3 is 1. The Kier molecular flexibility index (Phi) is 8.72. The van der Waals surface area contributed by atoms with Gasteiger partial charge in [0.15, 0.2) is 15.9 Å². The molecule has 1 aliphatic rings. The standard InChI is InChI=1S/C25H32FNO6S2/c1-5-6-11-25(2)15-27(18-9-7-17(26)8-10-18)19-12-22(34-4)21(13-23(19)35(30,31)16-25)33-14-20(28)24(29)32-3/h7-10,12-13,20,28H,5-6,11,14-16H2,1-4H3/t20-,25+/m0/s1. The molecule has 0 amide bonds. The molecule has 0 bridgehead atoms. The number of aliphatic hydroxyl groups is 1. The van der Waals surface area contributed by atoms with Crippen LogP contribution in [0, 0.1) is 11.2 Å². The molecule has 1 aliphatic heterocycles. The van der Waals surface area contributed by atoms with Crippen molar-refractivity contribution in [1.82, 2.24) is 0 Å². The summed E-state index contributed by atoms with van der Waals surface area (Å²) in [5.74, 6) is -1.01. The van der Waals surface area contributed by atoms with Gasteiger partial charge in [0.1, 0.15) is 18.2 Å². The maximum atomic E-state index is 13.7. The molecule has 35 heavy (non-hydrogen) atoms. The summed E-state index contributed by atoms with van der Waals surface area (Å²) in [6, 6.07) is 9.22. The molecule has 0 fully saturated rings. The van der Waals surface area contributed by atoms with Crippen LogP contribution in [0.2, 0.25) is 0 Å². The van der Waals surface area contributed by atoms with Gasteiger partial charge in [0, 0.05) is 18.3 Å². The summed E-state index contributed by atoms with van der Waals surface area (Å²) in [7, 11) is -2.57. The van der Waals surface area contributed by atoms with Crippen LogP contribution < -0.4 is 9.64 Å². The summed E-state index contributed by atoms with van der Waals surface area (Å²) in [6.07, 6.45) is 2.87. The van der Waals surface area contributed by atoms with Gasteiger partial charge in [-0.15, -0.1) is 11.8 Å². The SMILES string of the molecule is CCCC[C@]1(C)CN(c2ccc(F)cc2)c2cc(SC)c(OC[C@H](O)C(=O)OC)cc2S(=O)(=O)C1. The average Bonchev–Trinajstić information content (AvgIpc) is 2.92. The van der Waals surface area contributed by atoms with Crippen LogP contribution >= 0.6 is 11.8 Å². The number of ether oxygens (including phenoxy) is 2. The molecular formula is C25H32FNO6S2. The van der Waals surface area contributed by atoms with Crippen LogP contribution in [0.25, 0.3) is 0 Å². The first kappa shape index (κ1) is 27.3. The van der Waals surface area contributed by atoms with E-state index >= 15 is 0 Å². The number of rotatable bonds is 9. The van der Waals surface area contributed by atoms with E-state index < -0.39 is 27.3 Å². The van der Waals surface area contributed by atoms with Gasteiger partial charge in [0.05, 0.1) is 28.3 Å². The van der Waals surface area contributed by atoms with E-state index in [1.54, 1.807) is 18.2 Å². The largest absolute Gasteiger partial charge is 0.489 e. The molecule has 10 heteroatoms. The molecule has 2 aromatic rings. The Morgan fingerprint density at radius 3 is 2.57 bits per heavy atom. The maximum absolute atomic E-state index is 13.7. The highest BCUT2D eigenvalue weighted by Gasteiger charge is 2.40. The van der Waals surface area contributed by atoms with Crippen LogP contribution in [0.4, 0.5) is 15.8 Å². The molecule has 0 unspecified atom stereocenters. The second kappa shape index (κ2) is 11.2. The lowest BCUT2D eigenvalue weighted by Crippen LogP contribution is -2.35. The highest BCUT2D eigenvalue weighted by Crippen LogP contribution is 2.46. The summed E-state index contributed by atoms with van der Waals surface area (Å²) in [6.45, 7) is 4.11. The van der Waals surface area contributed by atoms with Crippen LogP contribution in [0.15, 0.2) is 46.2 Å². The lowest BCUT2D eigenvalue weighted by Gasteiger charge is -2.34. The quantitative estimate of drug-likeness (QED) is 0.376. The number of nitrogens with zero attached hydrogens (tertiary/aromatic N) is 1. The Bertz CT molecular complexity index is 1160. The fourth-order valence-corrected chi connectivity index (χ4v) is 6.92. The van der Waals surface area contributed by atoms with E-state index in [1.807, 2.05) is 18.1 Å². The molecule has 0 aromatic heterocycles. The number of unbranched alkanes of at least 4 members (excludes halogenated alkanes) is 1. The molecule has 2 aromatic carbocycles. The Morgan fingerprint density at radius 2 is 1.97 bits per heavy atom. The van der Waals surface area contributed by atoms with E-state index in [0.29, 0.717) is 22.8 Å². The lowest BCUT2D eigenvalue weighted by molar-refractivity contribution is -0.151. The second-order valence-electron chi connectivity index (χ2n) is 9.06. The van der Waals surface area contributed by atoms with Gasteiger partial charge < -0.3 is 19.5 Å². The van der Waals surface area contributed by atoms with E-state index in [2.05, 4.69) is 11.7 Å². The Morgan fingerprint density at radius 1 is 1.29 bits per heavy atom. The van der Waals surface area contributed by atoms with E-state index in [1.165, 1.54) is 30.0 Å². The Labute approximate surface area is 210 Å². The third-order valence-electron chi connectivity index (χ3n) is 6.09. The third-order valence-corrected chi connectivity index (χ3v) is 8.92. The van der Waals surface area contributed by atoms with Gasteiger partial charge in [0.25, 0.3) is 0 Å². The molecule has 3 rings (SSSR count). The molecule has 0 spiro atoms. The molecule has 0 radical (unpaired) electrons. The zero-order valence-corrected chi connectivity index (χ0v) is 22.0. The maximum Gasteiger partial charge on any atom is 0.338 e. The molecule has 192 valence electrons. The molecule has 0 saturated heterocycles. The van der Waals surface area contributed by atoms with E-state index in [0.717, 1.165) is 26.4 Å². The summed E-state index contributed by atoms with van der Waals surface area (Å²) in [4.78, 5) is 14.2. The first-order valence-electron chi connectivity index (χ1n) is 11.4. The van der Waals surface area contributed by atoms with Gasteiger partial charge in [-0.05, 0) is 48.4 Å². The second-order valence-corrected chi connectivity index (χ2v) is 11.9. The van der Waals surface area contributed by atoms with Crippen LogP contribution in [-0.4, -0.2) is 57.9 Å². The number of halogens is 1. The fourth-order valence-electron chi connectivity index (χ4n) is 4.29. The van der Waals surface area contributed by atoms with Crippen molar-refractivity contribution in [3.8, 4) is 5.75 Å². The monoisotopic (exact) mass is 525 g/mol. The number of aliphatic hydroxyl groups excluding tert-OH is 1. The number of thioether (sulfide) groups is 1. The number of hydrogen-bond acceptors (Lipinski definition) is 8. The molecule has 1 N–H and O–H groups in total. The average molecular weight is 526 g/mol. The summed E-state index contributed by atoms with van der Waals surface area (Å²) in [5.41, 5.74) is 0.639. The minimum atomic E-state index is -3.73. The number of fused-ring (bicyclic) bond motifs is 1. The van der Waals surface area contributed by atoms with Gasteiger partial charge in [-0.1, -0.05) is 26.7 Å². The van der Waals surface area contributed by atoms with Gasteiger partial charge >= 0.3 is 5.97 Å². The minimum absolute atomic E-state index is 0.0481. The fraction of sp³-hybridized carbons (Fsp3) is 0.480. The van der Waals surface area contributed by atoms with Crippen molar-refractivity contribution in [1.29, 1.82) is 0 Å². The van der Waals surface area contributed by atoms with Crippen LogP contribution in [0.3, 0.4) is 0 Å². The van der Waals surface area contributed by atoms with Crippen molar-refractivity contribution in [2.75, 3.05) is 37.2 Å². The van der Waals surface area contributed by atoms with E-state index in [9.17, 15) is 22.7 Å². The topological polar surface area (TPSA) is 93.1 Å². The first-order valence-corrected chi connectivity index (χ1v) is 14.3. The van der Waals surface area contributed by atoms with Crippen LogP contribution in [0.1, 0.15) is 33.1 Å². The van der Waals surface area contributed by atoms with Gasteiger partial charge in [-0.2, -0.15) is 0 Å². The number of hydrogen-bond donors (Lipinski definition) is 1. The van der Waals surface area contributed by atoms with E-state index in [-0.39, 0.29) is 28.8 Å². The molecule has 1 heterocycles. The predicted octanol–water partition coefficient (Wildman–Crippen LogP) is 4.58. The van der Waals surface area contributed by atoms with Crippen molar-refractivity contribution in [2.45, 2.75) is 49.0 Å². The smallest absolute Gasteiger partial charge is 0.338 e. The zero-order valence-electron chi connectivity index (χ0n) is 20.4. The van der Waals surface area contributed by atoms with Crippen LogP contribution in [0.5, 0.6) is 5.75 Å². The number of carbonyl (C=O) groups is 1. The highest BCUT2D eigenvalue weighted by molar-refractivity contribution is 7.98. The lowest BCUT2D eigenvalue weighted by atomic mass is 9.86. The molecule has 0 saturated carbocycles. The molecule has 0 aliphatic carbocycles. The van der Waals surface area contributed by atoms with Crippen molar-refractivity contribution >= 4 is 38.9 Å². The molecule has 7 nitrogen and oxygen atoms in total.